The molecule has 0 unspecified atom stereocenters. The molecule has 144 valence electrons. The predicted molar refractivity (Wildman–Crippen MR) is 119 cm³/mol. The molecule has 0 atom stereocenters. The SMILES string of the molecule is Cc1c(-c2ccccc2)cccc1-c1ccn2c(-c3ccc(C=O)cc3)nnc2c1. The first-order valence-corrected chi connectivity index (χ1v) is 9.80. The lowest BCUT2D eigenvalue weighted by Crippen LogP contribution is -1.92. The molecule has 0 aliphatic rings. The Morgan fingerprint density at radius 1 is 0.733 bits per heavy atom. The Bertz CT molecular complexity index is 1350. The monoisotopic (exact) mass is 389 g/mol. The minimum atomic E-state index is 0.642. The van der Waals surface area contributed by atoms with Crippen LogP contribution in [0.1, 0.15) is 15.9 Å². The number of hydrogen-bond acceptors (Lipinski definition) is 3. The molecule has 5 aromatic rings. The molecule has 0 saturated heterocycles. The summed E-state index contributed by atoms with van der Waals surface area (Å²) in [5, 5.41) is 8.75. The number of benzene rings is 3. The van der Waals surface area contributed by atoms with E-state index in [9.17, 15) is 4.79 Å². The number of carbonyl (C=O) groups is 1. The zero-order valence-corrected chi connectivity index (χ0v) is 16.5. The van der Waals surface area contributed by atoms with E-state index >= 15 is 0 Å². The van der Waals surface area contributed by atoms with Crippen LogP contribution < -0.4 is 0 Å². The van der Waals surface area contributed by atoms with Crippen LogP contribution in [0.25, 0.3) is 39.3 Å². The van der Waals surface area contributed by atoms with E-state index in [0.717, 1.165) is 28.9 Å². The molecule has 4 nitrogen and oxygen atoms in total. The van der Waals surface area contributed by atoms with E-state index in [1.807, 2.05) is 28.8 Å². The maximum absolute atomic E-state index is 10.9. The van der Waals surface area contributed by atoms with E-state index in [4.69, 9.17) is 0 Å². The van der Waals surface area contributed by atoms with Gasteiger partial charge in [-0.25, -0.2) is 0 Å². The third-order valence-electron chi connectivity index (χ3n) is 5.44. The highest BCUT2D eigenvalue weighted by atomic mass is 16.1. The molecule has 0 saturated carbocycles. The van der Waals surface area contributed by atoms with Gasteiger partial charge in [0.2, 0.25) is 0 Å². The fourth-order valence-corrected chi connectivity index (χ4v) is 3.84. The number of nitrogens with zero attached hydrogens (tertiary/aromatic N) is 3. The third kappa shape index (κ3) is 3.08. The fourth-order valence-electron chi connectivity index (χ4n) is 3.84. The van der Waals surface area contributed by atoms with E-state index in [0.29, 0.717) is 5.56 Å². The van der Waals surface area contributed by atoms with Crippen LogP contribution in [-0.2, 0) is 0 Å². The molecular weight excluding hydrogens is 370 g/mol. The van der Waals surface area contributed by atoms with E-state index in [1.54, 1.807) is 12.1 Å². The molecule has 0 aliphatic heterocycles. The second kappa shape index (κ2) is 7.41. The second-order valence-electron chi connectivity index (χ2n) is 7.25. The van der Waals surface area contributed by atoms with Gasteiger partial charge in [-0.3, -0.25) is 9.20 Å². The van der Waals surface area contributed by atoms with Crippen LogP contribution in [0.4, 0.5) is 0 Å². The van der Waals surface area contributed by atoms with Crippen molar-refractivity contribution in [3.05, 3.63) is 102 Å². The van der Waals surface area contributed by atoms with Gasteiger partial charge in [0.05, 0.1) is 0 Å². The minimum Gasteiger partial charge on any atom is -0.298 e. The Morgan fingerprint density at radius 3 is 2.20 bits per heavy atom. The number of aldehydes is 1. The van der Waals surface area contributed by atoms with Gasteiger partial charge in [-0.1, -0.05) is 72.8 Å². The third-order valence-corrected chi connectivity index (χ3v) is 5.44. The summed E-state index contributed by atoms with van der Waals surface area (Å²) in [5.74, 6) is 0.753. The summed E-state index contributed by atoms with van der Waals surface area (Å²) in [6, 6.07) is 28.3. The maximum atomic E-state index is 10.9. The Labute approximate surface area is 174 Å². The standard InChI is InChI=1S/C26H19N3O/c1-18-23(20-6-3-2-4-7-20)8-5-9-24(18)22-14-15-29-25(16-22)27-28-26(29)21-12-10-19(17-30)11-13-21/h2-17H,1H3. The number of carbonyl (C=O) groups excluding carboxylic acids is 1. The van der Waals surface area contributed by atoms with E-state index in [-0.39, 0.29) is 0 Å². The lowest BCUT2D eigenvalue weighted by atomic mass is 9.93. The van der Waals surface area contributed by atoms with E-state index in [2.05, 4.69) is 71.7 Å². The summed E-state index contributed by atoms with van der Waals surface area (Å²) < 4.78 is 1.97. The molecule has 0 spiro atoms. The van der Waals surface area contributed by atoms with E-state index in [1.165, 1.54) is 22.3 Å². The zero-order valence-electron chi connectivity index (χ0n) is 16.5. The van der Waals surface area contributed by atoms with E-state index < -0.39 is 0 Å². The highest BCUT2D eigenvalue weighted by Gasteiger charge is 2.12. The molecule has 0 aliphatic carbocycles. The van der Waals surface area contributed by atoms with Crippen molar-refractivity contribution in [2.75, 3.05) is 0 Å². The molecule has 4 heteroatoms. The van der Waals surface area contributed by atoms with Crippen molar-refractivity contribution in [1.82, 2.24) is 14.6 Å². The summed E-state index contributed by atoms with van der Waals surface area (Å²) in [7, 11) is 0. The van der Waals surface area contributed by atoms with Gasteiger partial charge in [-0.05, 0) is 46.9 Å². The predicted octanol–water partition coefficient (Wildman–Crippen LogP) is 5.85. The van der Waals surface area contributed by atoms with Crippen molar-refractivity contribution in [3.63, 3.8) is 0 Å². The van der Waals surface area contributed by atoms with Crippen LogP contribution in [0.2, 0.25) is 0 Å². The highest BCUT2D eigenvalue weighted by molar-refractivity contribution is 5.80. The first kappa shape index (κ1) is 18.0. The number of rotatable bonds is 4. The average molecular weight is 389 g/mol. The maximum Gasteiger partial charge on any atom is 0.168 e. The normalized spacial score (nSPS) is 11.0. The van der Waals surface area contributed by atoms with Crippen molar-refractivity contribution in [1.29, 1.82) is 0 Å². The molecule has 0 fully saturated rings. The van der Waals surface area contributed by atoms with Crippen LogP contribution in [-0.4, -0.2) is 20.9 Å². The first-order chi connectivity index (χ1) is 14.7. The summed E-state index contributed by atoms with van der Waals surface area (Å²) in [6.45, 7) is 2.16. The van der Waals surface area contributed by atoms with Gasteiger partial charge in [-0.15, -0.1) is 10.2 Å². The number of pyridine rings is 1. The Kier molecular flexibility index (Phi) is 4.45. The summed E-state index contributed by atoms with van der Waals surface area (Å²) >= 11 is 0. The van der Waals surface area contributed by atoms with Gasteiger partial charge in [0.15, 0.2) is 11.5 Å². The zero-order chi connectivity index (χ0) is 20.5. The smallest absolute Gasteiger partial charge is 0.168 e. The van der Waals surface area contributed by atoms with Gasteiger partial charge < -0.3 is 0 Å². The molecule has 2 heterocycles. The van der Waals surface area contributed by atoms with Crippen LogP contribution in [0.5, 0.6) is 0 Å². The molecule has 0 bridgehead atoms. The molecule has 30 heavy (non-hydrogen) atoms. The molecular formula is C26H19N3O. The Morgan fingerprint density at radius 2 is 1.47 bits per heavy atom. The topological polar surface area (TPSA) is 47.3 Å². The van der Waals surface area contributed by atoms with Crippen LogP contribution in [0.3, 0.4) is 0 Å². The van der Waals surface area contributed by atoms with Crippen LogP contribution >= 0.6 is 0 Å². The lowest BCUT2D eigenvalue weighted by Gasteiger charge is -2.12. The summed E-state index contributed by atoms with van der Waals surface area (Å²) in [5.41, 5.74) is 8.30. The summed E-state index contributed by atoms with van der Waals surface area (Å²) in [4.78, 5) is 10.9. The molecule has 3 aromatic carbocycles. The largest absolute Gasteiger partial charge is 0.298 e. The first-order valence-electron chi connectivity index (χ1n) is 9.80. The molecule has 5 rings (SSSR count). The van der Waals surface area contributed by atoms with Gasteiger partial charge >= 0.3 is 0 Å². The molecule has 0 amide bonds. The Hall–Kier alpha value is -4.05. The fraction of sp³-hybridized carbons (Fsp3) is 0.0385. The van der Waals surface area contributed by atoms with Crippen molar-refractivity contribution in [2.24, 2.45) is 0 Å². The van der Waals surface area contributed by atoms with Crippen molar-refractivity contribution in [2.45, 2.75) is 6.92 Å². The second-order valence-corrected chi connectivity index (χ2v) is 7.25. The Balaban J connectivity index is 1.57. The van der Waals surface area contributed by atoms with Gasteiger partial charge in [0.25, 0.3) is 0 Å². The van der Waals surface area contributed by atoms with Gasteiger partial charge in [-0.2, -0.15) is 0 Å². The molecule has 2 aromatic heterocycles. The quantitative estimate of drug-likeness (QED) is 0.362. The lowest BCUT2D eigenvalue weighted by molar-refractivity contribution is 0.112. The van der Waals surface area contributed by atoms with Crippen LogP contribution in [0, 0.1) is 6.92 Å². The molecule has 0 N–H and O–H groups in total. The number of fused-ring (bicyclic) bond motifs is 1. The van der Waals surface area contributed by atoms with Crippen molar-refractivity contribution in [3.8, 4) is 33.6 Å². The summed E-state index contributed by atoms with van der Waals surface area (Å²) in [6.07, 6.45) is 2.84. The average Bonchev–Trinajstić information content (AvgIpc) is 3.23. The number of aromatic nitrogens is 3. The van der Waals surface area contributed by atoms with Crippen LogP contribution in [0.15, 0.2) is 91.1 Å². The van der Waals surface area contributed by atoms with Gasteiger partial charge in [0, 0.05) is 17.3 Å². The molecule has 0 radical (unpaired) electrons. The minimum absolute atomic E-state index is 0.642. The highest BCUT2D eigenvalue weighted by Crippen LogP contribution is 2.32. The number of hydrogen-bond donors (Lipinski definition) is 0. The van der Waals surface area contributed by atoms with Gasteiger partial charge in [0.1, 0.15) is 6.29 Å². The van der Waals surface area contributed by atoms with Crippen molar-refractivity contribution < 1.29 is 4.79 Å². The van der Waals surface area contributed by atoms with Crippen molar-refractivity contribution >= 4 is 11.9 Å².